The van der Waals surface area contributed by atoms with E-state index >= 15 is 0 Å². The molecule has 14 heteroatoms. The van der Waals surface area contributed by atoms with Crippen LogP contribution >= 0.6 is 47.9 Å². The first-order valence-electron chi connectivity index (χ1n) is 11.7. The number of anilines is 2. The van der Waals surface area contributed by atoms with Crippen LogP contribution in [0, 0.1) is 16.7 Å². The Hall–Kier alpha value is -3.66. The molecule has 0 unspecified atom stereocenters. The van der Waals surface area contributed by atoms with Crippen molar-refractivity contribution in [2.75, 3.05) is 11.9 Å². The number of fused-ring (bicyclic) bond motifs is 2. The minimum Gasteiger partial charge on any atom is -0.455 e. The number of rotatable bonds is 7. The highest BCUT2D eigenvalue weighted by molar-refractivity contribution is 7.13. The highest BCUT2D eigenvalue weighted by Crippen LogP contribution is 2.44. The van der Waals surface area contributed by atoms with Gasteiger partial charge in [0.1, 0.15) is 28.8 Å². The molecule has 0 radical (unpaired) electrons. The number of primary amides is 1. The van der Waals surface area contributed by atoms with Gasteiger partial charge in [0.15, 0.2) is 5.82 Å². The van der Waals surface area contributed by atoms with Gasteiger partial charge in [0.25, 0.3) is 0 Å². The van der Waals surface area contributed by atoms with Gasteiger partial charge in [-0.15, -0.1) is 24.8 Å². The second-order valence-corrected chi connectivity index (χ2v) is 9.92. The van der Waals surface area contributed by atoms with E-state index in [1.54, 1.807) is 6.20 Å². The SMILES string of the molecule is Cl.Cl.N#CC1(C(N)=O)CC1.NCCn1ccc2ncnc(Nc3ccc(Oc4cccc5sncc45)c(Cl)c3)c21. The molecule has 1 fully saturated rings. The van der Waals surface area contributed by atoms with Crippen molar-refractivity contribution in [3.8, 4) is 17.6 Å². The minimum absolute atomic E-state index is 0. The highest BCUT2D eigenvalue weighted by atomic mass is 35.5. The number of halogens is 3. The van der Waals surface area contributed by atoms with Gasteiger partial charge in [-0.2, -0.15) is 9.64 Å². The largest absolute Gasteiger partial charge is 0.455 e. The summed E-state index contributed by atoms with van der Waals surface area (Å²) in [5.74, 6) is 1.51. The number of ether oxygens (including phenoxy) is 1. The third kappa shape index (κ3) is 6.38. The summed E-state index contributed by atoms with van der Waals surface area (Å²) in [5.41, 5.74) is 12.4. The molecule has 2 aromatic carbocycles. The number of nitrogens with zero attached hydrogens (tertiary/aromatic N) is 5. The smallest absolute Gasteiger partial charge is 0.237 e. The average molecular weight is 620 g/mol. The first kappa shape index (κ1) is 30.9. The maximum absolute atomic E-state index is 10.3. The van der Waals surface area contributed by atoms with Crippen LogP contribution in [0.15, 0.2) is 61.2 Å². The molecule has 0 spiro atoms. The lowest BCUT2D eigenvalue weighted by molar-refractivity contribution is -0.121. The molecular formula is C26H25Cl3N8O2S. The molecule has 6 rings (SSSR count). The molecule has 3 aromatic heterocycles. The number of nitriles is 1. The molecule has 208 valence electrons. The topological polar surface area (TPSA) is 158 Å². The fourth-order valence-electron chi connectivity index (χ4n) is 3.86. The molecule has 3 heterocycles. The molecule has 1 amide bonds. The van der Waals surface area contributed by atoms with E-state index in [1.165, 1.54) is 17.9 Å². The van der Waals surface area contributed by atoms with Gasteiger partial charge < -0.3 is 26.1 Å². The van der Waals surface area contributed by atoms with E-state index in [9.17, 15) is 4.79 Å². The Balaban J connectivity index is 0.000000383. The standard InChI is InChI=1S/C21H17ClN6OS.C5H6N2O.2ClH/c22-15-10-13(27-21-20-16(24-12-25-21)6-8-28(20)9-7-23)4-5-18(15)29-17-2-1-3-19-14(17)11-26-30-19;6-3-5(1-2-5)4(7)8;;/h1-6,8,10-12H,7,9,23H2,(H,24,25,27);1-2H2,(H2,7,8);2*1H. The van der Waals surface area contributed by atoms with Crippen molar-refractivity contribution in [2.24, 2.45) is 16.9 Å². The zero-order valence-corrected chi connectivity index (χ0v) is 24.1. The Kier molecular flexibility index (Phi) is 10.1. The number of amides is 1. The van der Waals surface area contributed by atoms with E-state index in [4.69, 9.17) is 33.1 Å². The number of benzene rings is 2. The molecule has 1 aliphatic carbocycles. The Bertz CT molecular complexity index is 1680. The lowest BCUT2D eigenvalue weighted by atomic mass is 10.1. The zero-order chi connectivity index (χ0) is 26.7. The average Bonchev–Trinajstić information content (AvgIpc) is 3.38. The van der Waals surface area contributed by atoms with Crippen LogP contribution in [-0.2, 0) is 11.3 Å². The fourth-order valence-corrected chi connectivity index (χ4v) is 4.74. The maximum Gasteiger partial charge on any atom is 0.237 e. The van der Waals surface area contributed by atoms with Crippen LogP contribution in [-0.4, -0.2) is 31.4 Å². The molecule has 5 aromatic rings. The van der Waals surface area contributed by atoms with Gasteiger partial charge in [-0.1, -0.05) is 17.7 Å². The summed E-state index contributed by atoms with van der Waals surface area (Å²) in [5, 5.41) is 13.1. The van der Waals surface area contributed by atoms with E-state index in [-0.39, 0.29) is 24.8 Å². The van der Waals surface area contributed by atoms with Gasteiger partial charge in [0.2, 0.25) is 5.91 Å². The summed E-state index contributed by atoms with van der Waals surface area (Å²) in [7, 11) is 0. The molecule has 1 aliphatic rings. The van der Waals surface area contributed by atoms with E-state index < -0.39 is 11.3 Å². The third-order valence-corrected chi connectivity index (χ3v) is 7.19. The number of nitrogens with one attached hydrogen (secondary N) is 1. The number of hydrogen-bond acceptors (Lipinski definition) is 9. The second kappa shape index (κ2) is 13.1. The highest BCUT2D eigenvalue weighted by Gasteiger charge is 2.49. The lowest BCUT2D eigenvalue weighted by Gasteiger charge is -2.12. The minimum atomic E-state index is -0.764. The van der Waals surface area contributed by atoms with Crippen LogP contribution in [0.1, 0.15) is 12.8 Å². The van der Waals surface area contributed by atoms with Crippen molar-refractivity contribution in [2.45, 2.75) is 19.4 Å². The molecular weight excluding hydrogens is 595 g/mol. The lowest BCUT2D eigenvalue weighted by Crippen LogP contribution is -2.22. The Morgan fingerprint density at radius 3 is 2.65 bits per heavy atom. The van der Waals surface area contributed by atoms with Crippen LogP contribution < -0.4 is 21.5 Å². The van der Waals surface area contributed by atoms with Crippen LogP contribution in [0.25, 0.3) is 21.1 Å². The van der Waals surface area contributed by atoms with Gasteiger partial charge in [-0.3, -0.25) is 4.79 Å². The van der Waals surface area contributed by atoms with E-state index in [1.807, 2.05) is 59.3 Å². The quantitative estimate of drug-likeness (QED) is 0.206. The first-order chi connectivity index (χ1) is 18.4. The maximum atomic E-state index is 10.3. The van der Waals surface area contributed by atoms with E-state index in [0.717, 1.165) is 32.6 Å². The number of carbonyl (C=O) groups excluding carboxylic acids is 1. The summed E-state index contributed by atoms with van der Waals surface area (Å²) in [4.78, 5) is 19.0. The third-order valence-electron chi connectivity index (χ3n) is 6.13. The molecule has 0 atom stereocenters. The number of nitrogens with two attached hydrogens (primary N) is 2. The van der Waals surface area contributed by atoms with Crippen LogP contribution in [0.2, 0.25) is 5.02 Å². The van der Waals surface area contributed by atoms with Crippen LogP contribution in [0.4, 0.5) is 11.5 Å². The number of aromatic nitrogens is 4. The summed E-state index contributed by atoms with van der Waals surface area (Å²) < 4.78 is 13.4. The second-order valence-electron chi connectivity index (χ2n) is 8.68. The molecule has 0 aliphatic heterocycles. The monoisotopic (exact) mass is 618 g/mol. The van der Waals surface area contributed by atoms with Crippen LogP contribution in [0.3, 0.4) is 0 Å². The van der Waals surface area contributed by atoms with Crippen molar-refractivity contribution >= 4 is 86.5 Å². The Labute approximate surface area is 251 Å². The normalized spacial score (nSPS) is 12.7. The van der Waals surface area contributed by atoms with E-state index in [0.29, 0.717) is 42.5 Å². The molecule has 0 bridgehead atoms. The van der Waals surface area contributed by atoms with Gasteiger partial charge in [0.05, 0.1) is 32.9 Å². The zero-order valence-electron chi connectivity index (χ0n) is 20.9. The predicted octanol–water partition coefficient (Wildman–Crippen LogP) is 5.81. The predicted molar refractivity (Wildman–Crippen MR) is 162 cm³/mol. The summed E-state index contributed by atoms with van der Waals surface area (Å²) >= 11 is 7.95. The van der Waals surface area contributed by atoms with Gasteiger partial charge in [-0.25, -0.2) is 9.97 Å². The van der Waals surface area contributed by atoms with Gasteiger partial charge in [0, 0.05) is 25.0 Å². The Morgan fingerprint density at radius 2 is 2.00 bits per heavy atom. The summed E-state index contributed by atoms with van der Waals surface area (Å²) in [6.07, 6.45) is 6.60. The molecule has 1 saturated carbocycles. The molecule has 0 saturated heterocycles. The number of hydrogen-bond donors (Lipinski definition) is 3. The van der Waals surface area contributed by atoms with Crippen LogP contribution in [0.5, 0.6) is 11.5 Å². The number of carbonyl (C=O) groups is 1. The van der Waals surface area contributed by atoms with E-state index in [2.05, 4.69) is 19.7 Å². The molecule has 10 nitrogen and oxygen atoms in total. The summed E-state index contributed by atoms with van der Waals surface area (Å²) in [6, 6.07) is 15.2. The Morgan fingerprint density at radius 1 is 1.20 bits per heavy atom. The van der Waals surface area contributed by atoms with Crippen molar-refractivity contribution in [1.82, 2.24) is 18.9 Å². The fraction of sp³-hybridized carbons (Fsp3) is 0.192. The van der Waals surface area contributed by atoms with Gasteiger partial charge >= 0.3 is 0 Å². The summed E-state index contributed by atoms with van der Waals surface area (Å²) in [6.45, 7) is 1.21. The van der Waals surface area contributed by atoms with Crippen molar-refractivity contribution in [1.29, 1.82) is 5.26 Å². The van der Waals surface area contributed by atoms with Crippen molar-refractivity contribution in [3.63, 3.8) is 0 Å². The molecule has 5 N–H and O–H groups in total. The van der Waals surface area contributed by atoms with Crippen molar-refractivity contribution < 1.29 is 9.53 Å². The molecule has 40 heavy (non-hydrogen) atoms. The van der Waals surface area contributed by atoms with Crippen molar-refractivity contribution in [3.05, 3.63) is 66.2 Å². The first-order valence-corrected chi connectivity index (χ1v) is 12.9. The van der Waals surface area contributed by atoms with Gasteiger partial charge in [-0.05, 0) is 60.8 Å².